The highest BCUT2D eigenvalue weighted by Gasteiger charge is 2.25. The fourth-order valence-electron chi connectivity index (χ4n) is 4.71. The van der Waals surface area contributed by atoms with Crippen LogP contribution in [-0.4, -0.2) is 37.4 Å². The maximum Gasteiger partial charge on any atom is 0.273 e. The lowest BCUT2D eigenvalue weighted by Gasteiger charge is -2.23. The summed E-state index contributed by atoms with van der Waals surface area (Å²) in [6.07, 6.45) is 7.91. The molecule has 5 rings (SSSR count). The minimum atomic E-state index is -1.20. The smallest absolute Gasteiger partial charge is 0.273 e. The maximum absolute atomic E-state index is 12.6. The predicted molar refractivity (Wildman–Crippen MR) is 137 cm³/mol. The molecule has 1 aliphatic rings. The Bertz CT molecular complexity index is 1350. The molecule has 4 aromatic rings. The largest absolute Gasteiger partial charge is 0.382 e. The molecule has 1 fully saturated rings. The van der Waals surface area contributed by atoms with Gasteiger partial charge in [0.05, 0.1) is 11.4 Å². The van der Waals surface area contributed by atoms with Gasteiger partial charge < -0.3 is 20.3 Å². The molecule has 0 radical (unpaired) electrons. The Hall–Kier alpha value is -3.72. The number of carbonyl (C=O) groups excluding carboxylic acids is 1. The molecule has 1 amide bonds. The predicted octanol–water partition coefficient (Wildman–Crippen LogP) is 5.08. The van der Waals surface area contributed by atoms with Crippen LogP contribution in [0.25, 0.3) is 22.2 Å². The Kier molecular flexibility index (Phi) is 6.49. The average Bonchev–Trinajstić information content (AvgIpc) is 3.53. The molecular weight excluding hydrogens is 456 g/mol. The van der Waals surface area contributed by atoms with Crippen LogP contribution >= 0.6 is 0 Å². The van der Waals surface area contributed by atoms with Crippen molar-refractivity contribution in [2.45, 2.75) is 70.6 Å². The highest BCUT2D eigenvalue weighted by molar-refractivity contribution is 6.00. The van der Waals surface area contributed by atoms with E-state index in [4.69, 9.17) is 4.52 Å². The van der Waals surface area contributed by atoms with Crippen LogP contribution in [0.15, 0.2) is 47.1 Å². The van der Waals surface area contributed by atoms with Crippen molar-refractivity contribution in [2.24, 2.45) is 0 Å². The number of nitrogens with one attached hydrogen (secondary N) is 3. The van der Waals surface area contributed by atoms with Crippen LogP contribution in [0.1, 0.15) is 80.7 Å². The molecule has 188 valence electrons. The number of pyridine rings is 1. The first-order valence-corrected chi connectivity index (χ1v) is 12.5. The van der Waals surface area contributed by atoms with Crippen molar-refractivity contribution >= 4 is 22.8 Å². The van der Waals surface area contributed by atoms with Gasteiger partial charge in [-0.15, -0.1) is 0 Å². The molecule has 1 aliphatic carbocycles. The second-order valence-corrected chi connectivity index (χ2v) is 10.1. The Labute approximate surface area is 209 Å². The summed E-state index contributed by atoms with van der Waals surface area (Å²) < 4.78 is 5.11. The van der Waals surface area contributed by atoms with E-state index < -0.39 is 5.60 Å². The lowest BCUT2D eigenvalue weighted by molar-refractivity contribution is 0.0474. The van der Waals surface area contributed by atoms with Gasteiger partial charge in [-0.25, -0.2) is 4.98 Å². The summed E-state index contributed by atoms with van der Waals surface area (Å²) in [5.41, 5.74) is 2.74. The van der Waals surface area contributed by atoms with Gasteiger partial charge in [0.15, 0.2) is 22.9 Å². The second-order valence-electron chi connectivity index (χ2n) is 10.1. The third-order valence-electron chi connectivity index (χ3n) is 6.82. The van der Waals surface area contributed by atoms with Crippen molar-refractivity contribution in [1.82, 2.24) is 25.7 Å². The van der Waals surface area contributed by atoms with Crippen molar-refractivity contribution in [1.29, 1.82) is 0 Å². The first-order chi connectivity index (χ1) is 17.3. The molecule has 3 aromatic heterocycles. The van der Waals surface area contributed by atoms with E-state index in [-0.39, 0.29) is 23.4 Å². The van der Waals surface area contributed by atoms with Gasteiger partial charge in [-0.05, 0) is 56.4 Å². The summed E-state index contributed by atoms with van der Waals surface area (Å²) in [4.78, 5) is 17.1. The fraction of sp³-hybridized carbons (Fsp3) is 0.407. The molecule has 1 aromatic carbocycles. The fourth-order valence-corrected chi connectivity index (χ4v) is 4.71. The Morgan fingerprint density at radius 2 is 1.92 bits per heavy atom. The van der Waals surface area contributed by atoms with Crippen molar-refractivity contribution in [3.05, 3.63) is 59.6 Å². The van der Waals surface area contributed by atoms with Crippen LogP contribution in [-0.2, 0) is 5.60 Å². The summed E-state index contributed by atoms with van der Waals surface area (Å²) in [5, 5.41) is 29.0. The zero-order valence-corrected chi connectivity index (χ0v) is 20.8. The molecule has 3 heterocycles. The summed E-state index contributed by atoms with van der Waals surface area (Å²) in [5.74, 6) is 0.728. The normalized spacial score (nSPS) is 15.7. The molecule has 0 aliphatic heterocycles. The van der Waals surface area contributed by atoms with Gasteiger partial charge >= 0.3 is 0 Å². The minimum Gasteiger partial charge on any atom is -0.382 e. The van der Waals surface area contributed by atoms with Crippen LogP contribution < -0.4 is 10.6 Å². The Morgan fingerprint density at radius 1 is 1.17 bits per heavy atom. The lowest BCUT2D eigenvalue weighted by Crippen LogP contribution is -2.27. The lowest BCUT2D eigenvalue weighted by atomic mass is 9.95. The van der Waals surface area contributed by atoms with E-state index >= 15 is 0 Å². The number of hydrogen-bond acceptors (Lipinski definition) is 7. The average molecular weight is 489 g/mol. The van der Waals surface area contributed by atoms with E-state index in [1.54, 1.807) is 20.0 Å². The van der Waals surface area contributed by atoms with E-state index in [1.807, 2.05) is 37.3 Å². The van der Waals surface area contributed by atoms with E-state index in [0.717, 1.165) is 46.4 Å². The molecule has 36 heavy (non-hydrogen) atoms. The quantitative estimate of drug-likeness (QED) is 0.286. The van der Waals surface area contributed by atoms with E-state index in [0.29, 0.717) is 6.04 Å². The van der Waals surface area contributed by atoms with Crippen LogP contribution in [0.3, 0.4) is 0 Å². The van der Waals surface area contributed by atoms with Gasteiger partial charge in [-0.2, -0.15) is 5.10 Å². The number of H-pyrrole nitrogens is 1. The van der Waals surface area contributed by atoms with Crippen LogP contribution in [0, 0.1) is 0 Å². The standard InChI is InChI=1S/C27H32N6O3/c1-16(29-26(34)21-15-22(36-33-21)27(2,3)35)17-9-11-18(12-10-17)20-13-14-28-24-23(20)25(32-31-24)30-19-7-5-4-6-8-19/h9-16,19,35H,4-8H2,1-3H3,(H,29,34)(H2,28,30,31,32)/t16-/m1/s1. The molecule has 0 bridgehead atoms. The molecule has 0 saturated heterocycles. The molecule has 0 spiro atoms. The minimum absolute atomic E-state index is 0.132. The van der Waals surface area contributed by atoms with Crippen molar-refractivity contribution < 1.29 is 14.4 Å². The number of aliphatic hydroxyl groups is 1. The molecule has 9 heteroatoms. The monoisotopic (exact) mass is 488 g/mol. The van der Waals surface area contributed by atoms with E-state index in [1.165, 1.54) is 25.3 Å². The molecule has 0 unspecified atom stereocenters. The number of hydrogen-bond donors (Lipinski definition) is 4. The Balaban J connectivity index is 1.33. The number of nitrogens with zero attached hydrogens (tertiary/aromatic N) is 3. The SMILES string of the molecule is C[C@@H](NC(=O)c1cc(C(C)(C)O)on1)c1ccc(-c2ccnc3[nH]nc(NC4CCCCC4)c23)cc1. The number of anilines is 1. The molecule has 4 N–H and O–H groups in total. The third-order valence-corrected chi connectivity index (χ3v) is 6.82. The van der Waals surface area contributed by atoms with Gasteiger partial charge in [0.1, 0.15) is 5.60 Å². The number of aromatic nitrogens is 4. The number of aromatic amines is 1. The second kappa shape index (κ2) is 9.73. The number of fused-ring (bicyclic) bond motifs is 1. The van der Waals surface area contributed by atoms with Crippen molar-refractivity contribution in [3.8, 4) is 11.1 Å². The zero-order valence-electron chi connectivity index (χ0n) is 20.8. The highest BCUT2D eigenvalue weighted by atomic mass is 16.5. The van der Waals surface area contributed by atoms with Crippen LogP contribution in [0.5, 0.6) is 0 Å². The summed E-state index contributed by atoms with van der Waals surface area (Å²) >= 11 is 0. The van der Waals surface area contributed by atoms with E-state index in [2.05, 4.69) is 31.0 Å². The van der Waals surface area contributed by atoms with Gasteiger partial charge in [-0.3, -0.25) is 9.89 Å². The first kappa shape index (κ1) is 24.0. The zero-order chi connectivity index (χ0) is 25.3. The van der Waals surface area contributed by atoms with Crippen molar-refractivity contribution in [3.63, 3.8) is 0 Å². The van der Waals surface area contributed by atoms with Gasteiger partial charge in [0.25, 0.3) is 5.91 Å². The molecular formula is C27H32N6O3. The molecule has 1 atom stereocenters. The number of amides is 1. The summed E-state index contributed by atoms with van der Waals surface area (Å²) in [6.45, 7) is 5.07. The van der Waals surface area contributed by atoms with Crippen molar-refractivity contribution in [2.75, 3.05) is 5.32 Å². The third kappa shape index (κ3) is 4.97. The van der Waals surface area contributed by atoms with Gasteiger partial charge in [0, 0.05) is 18.3 Å². The number of benzene rings is 1. The summed E-state index contributed by atoms with van der Waals surface area (Å²) in [7, 11) is 0. The number of rotatable bonds is 7. The van der Waals surface area contributed by atoms with Gasteiger partial charge in [0.2, 0.25) is 0 Å². The highest BCUT2D eigenvalue weighted by Crippen LogP contribution is 2.33. The van der Waals surface area contributed by atoms with Crippen LogP contribution in [0.4, 0.5) is 5.82 Å². The number of carbonyl (C=O) groups is 1. The topological polar surface area (TPSA) is 129 Å². The maximum atomic E-state index is 12.6. The Morgan fingerprint density at radius 3 is 2.61 bits per heavy atom. The first-order valence-electron chi connectivity index (χ1n) is 12.5. The molecule has 1 saturated carbocycles. The molecule has 9 nitrogen and oxygen atoms in total. The van der Waals surface area contributed by atoms with Crippen LogP contribution in [0.2, 0.25) is 0 Å². The van der Waals surface area contributed by atoms with E-state index in [9.17, 15) is 9.90 Å². The van der Waals surface area contributed by atoms with Gasteiger partial charge in [-0.1, -0.05) is 48.7 Å². The summed E-state index contributed by atoms with van der Waals surface area (Å²) in [6, 6.07) is 11.8.